The van der Waals surface area contributed by atoms with Gasteiger partial charge in [0, 0.05) is 44.2 Å². The molecule has 2 aromatic carbocycles. The Morgan fingerprint density at radius 1 is 0.635 bits per heavy atom. The number of nitrogens with zero attached hydrogens (tertiary/aromatic N) is 2. The van der Waals surface area contributed by atoms with E-state index in [0.29, 0.717) is 51.6 Å². The number of nitrogens with one attached hydrogen (secondary N) is 4. The minimum atomic E-state index is -0.641. The van der Waals surface area contributed by atoms with E-state index in [1.54, 1.807) is 16.8 Å². The maximum atomic E-state index is 14.4. The van der Waals surface area contributed by atoms with Crippen LogP contribution in [-0.4, -0.2) is 115 Å². The van der Waals surface area contributed by atoms with Crippen molar-refractivity contribution in [1.29, 1.82) is 0 Å². The number of carbonyl (C=O) groups excluding carboxylic acids is 6. The van der Waals surface area contributed by atoms with Gasteiger partial charge in [0.15, 0.2) is 0 Å². The topological polar surface area (TPSA) is 175 Å². The van der Waals surface area contributed by atoms with Gasteiger partial charge in [0.1, 0.15) is 37.1 Å². The molecule has 398 valence electrons. The molecule has 6 aliphatic rings. The van der Waals surface area contributed by atoms with Gasteiger partial charge >= 0.3 is 0 Å². The third-order valence-corrected chi connectivity index (χ3v) is 17.2. The van der Waals surface area contributed by atoms with Crippen molar-refractivity contribution in [3.05, 3.63) is 70.8 Å². The Bertz CT molecular complexity index is 2280. The van der Waals surface area contributed by atoms with Crippen LogP contribution < -0.4 is 21.3 Å². The van der Waals surface area contributed by atoms with E-state index >= 15 is 0 Å². The predicted octanol–water partition coefficient (Wildman–Crippen LogP) is 6.45. The van der Waals surface area contributed by atoms with Crippen molar-refractivity contribution in [2.75, 3.05) is 33.4 Å². The normalized spacial score (nSPS) is 25.2. The van der Waals surface area contributed by atoms with Crippen molar-refractivity contribution in [1.82, 2.24) is 31.1 Å². The molecule has 74 heavy (non-hydrogen) atoms. The zero-order valence-electron chi connectivity index (χ0n) is 44.3. The number of amides is 5. The van der Waals surface area contributed by atoms with Gasteiger partial charge in [0.05, 0.1) is 30.3 Å². The number of rotatable bonds is 19. The van der Waals surface area contributed by atoms with Crippen molar-refractivity contribution in [2.24, 2.45) is 23.7 Å². The second kappa shape index (κ2) is 26.3. The minimum Gasteiger partial charge on any atom is -0.363 e. The monoisotopic (exact) mass is 1010 g/mol. The summed E-state index contributed by atoms with van der Waals surface area (Å²) in [4.78, 5) is 87.0. The van der Waals surface area contributed by atoms with Gasteiger partial charge in [0.25, 0.3) is 0 Å². The fraction of sp³-hybridized carbons (Fsp3) is 0.633. The van der Waals surface area contributed by atoms with Crippen molar-refractivity contribution < 1.29 is 38.2 Å². The fourth-order valence-corrected chi connectivity index (χ4v) is 12.6. The molecule has 0 spiro atoms. The highest BCUT2D eigenvalue weighted by Gasteiger charge is 2.45. The van der Waals surface area contributed by atoms with Crippen molar-refractivity contribution >= 4 is 35.3 Å². The SMILES string of the molecule is CC[C@@H](C)C(=O)NC(C(=O)N1CCC[C@H]1C(=O)N[C@H]1c2ccccc2C[C@H]1OCC#CC#CCO[C@@H]1Cc2ccccc2[C@@H]1NC(=O)[C@@H]1CCCN1C(=O)[C@@H](CC(=O)[C@H](C)NC)C1CCCCC1)C1CCCCC1. The molecule has 0 bridgehead atoms. The Hall–Kier alpha value is -5.54. The summed E-state index contributed by atoms with van der Waals surface area (Å²) in [7, 11) is 1.76. The molecule has 4 aliphatic carbocycles. The Morgan fingerprint density at radius 2 is 1.12 bits per heavy atom. The summed E-state index contributed by atoms with van der Waals surface area (Å²) < 4.78 is 12.7. The average Bonchev–Trinajstić information content (AvgIpc) is 4.26. The Labute approximate surface area is 439 Å². The number of carbonyl (C=O) groups is 6. The smallest absolute Gasteiger partial charge is 0.246 e. The van der Waals surface area contributed by atoms with E-state index in [2.05, 4.69) is 44.9 Å². The zero-order valence-corrected chi connectivity index (χ0v) is 44.3. The van der Waals surface area contributed by atoms with Crippen molar-refractivity contribution in [2.45, 2.75) is 185 Å². The number of fused-ring (bicyclic) bond motifs is 2. The molecule has 14 nitrogen and oxygen atoms in total. The number of ether oxygens (including phenoxy) is 2. The number of likely N-dealkylation sites (N-methyl/N-ethyl adjacent to an activating group) is 1. The second-order valence-corrected chi connectivity index (χ2v) is 21.8. The summed E-state index contributed by atoms with van der Waals surface area (Å²) in [6.07, 6.45) is 13.9. The Balaban J connectivity index is 0.858. The quantitative estimate of drug-likeness (QED) is 0.115. The van der Waals surface area contributed by atoms with E-state index < -0.39 is 36.1 Å². The van der Waals surface area contributed by atoms with Gasteiger partial charge in [-0.15, -0.1) is 0 Å². The first-order chi connectivity index (χ1) is 36.0. The average molecular weight is 1010 g/mol. The third-order valence-electron chi connectivity index (χ3n) is 17.2. The van der Waals surface area contributed by atoms with Gasteiger partial charge in [-0.1, -0.05) is 113 Å². The van der Waals surface area contributed by atoms with Crippen LogP contribution in [0.1, 0.15) is 158 Å². The van der Waals surface area contributed by atoms with Gasteiger partial charge in [0.2, 0.25) is 29.5 Å². The molecule has 2 saturated carbocycles. The summed E-state index contributed by atoms with van der Waals surface area (Å²) >= 11 is 0. The highest BCUT2D eigenvalue weighted by atomic mass is 16.5. The lowest BCUT2D eigenvalue weighted by atomic mass is 9.76. The van der Waals surface area contributed by atoms with Crippen LogP contribution in [0.4, 0.5) is 0 Å². The third kappa shape index (κ3) is 13.1. The number of Topliss-reactive ketones (excluding diaryl/α,β-unsaturated/α-hetero) is 1. The first-order valence-corrected chi connectivity index (χ1v) is 28.0. The van der Waals surface area contributed by atoms with Gasteiger partial charge in [-0.2, -0.15) is 0 Å². The van der Waals surface area contributed by atoms with Crippen LogP contribution in [0.2, 0.25) is 0 Å². The molecular formula is C60H80N6O8. The molecule has 4 N–H and O–H groups in total. The van der Waals surface area contributed by atoms with E-state index in [-0.39, 0.29) is 91.0 Å². The molecule has 14 heteroatoms. The molecule has 5 amide bonds. The molecule has 10 atom stereocenters. The zero-order chi connectivity index (χ0) is 52.1. The summed E-state index contributed by atoms with van der Waals surface area (Å²) in [6.45, 7) is 6.84. The van der Waals surface area contributed by atoms with E-state index in [1.807, 2.05) is 69.3 Å². The van der Waals surface area contributed by atoms with E-state index in [0.717, 1.165) is 92.9 Å². The van der Waals surface area contributed by atoms with E-state index in [9.17, 15) is 28.8 Å². The van der Waals surface area contributed by atoms with Crippen LogP contribution in [0.25, 0.3) is 0 Å². The number of ketones is 1. The van der Waals surface area contributed by atoms with Crippen molar-refractivity contribution in [3.63, 3.8) is 0 Å². The summed E-state index contributed by atoms with van der Waals surface area (Å²) in [5.41, 5.74) is 4.14. The molecular weight excluding hydrogens is 933 g/mol. The van der Waals surface area contributed by atoms with Crippen LogP contribution >= 0.6 is 0 Å². The summed E-state index contributed by atoms with van der Waals surface area (Å²) in [6, 6.07) is 12.9. The highest BCUT2D eigenvalue weighted by Crippen LogP contribution is 2.38. The summed E-state index contributed by atoms with van der Waals surface area (Å²) in [5, 5.41) is 12.7. The standard InChI is InChI=1S/C60H80N6O8/c1-5-39(2)56(68)62-53(42-24-12-9-13-25-42)60(72)66-33-21-31-49(66)58(70)64-55-46-29-17-15-27-44(46)37-52(55)74-35-19-7-6-18-34-73-51-36-43-26-14-16-28-45(43)54(51)63-57(69)48-30-20-32-65(48)59(71)47(38-50(67)40(3)61-4)41-22-10-8-11-23-41/h14-17,26-29,39-42,47-49,51-55,61H,5,8-13,20-25,30-38H2,1-4H3,(H,62,68)(H,63,69)(H,64,70)/t39-,40+,47+,48+,49+,51-,52-,53?,54+,55+/m1/s1. The molecule has 8 rings (SSSR count). The van der Waals surface area contributed by atoms with E-state index in [1.165, 1.54) is 0 Å². The molecule has 0 radical (unpaired) electrons. The van der Waals surface area contributed by atoms with Gasteiger partial charge in [-0.3, -0.25) is 28.8 Å². The molecule has 2 aliphatic heterocycles. The van der Waals surface area contributed by atoms with E-state index in [4.69, 9.17) is 9.47 Å². The molecule has 2 heterocycles. The van der Waals surface area contributed by atoms with Gasteiger partial charge in [-0.25, -0.2) is 0 Å². The highest BCUT2D eigenvalue weighted by molar-refractivity contribution is 5.94. The van der Waals surface area contributed by atoms with Crippen molar-refractivity contribution in [3.8, 4) is 23.7 Å². The predicted molar refractivity (Wildman–Crippen MR) is 283 cm³/mol. The van der Waals surface area contributed by atoms with Crippen LogP contribution in [0.3, 0.4) is 0 Å². The lowest BCUT2D eigenvalue weighted by Crippen LogP contribution is -2.57. The van der Waals surface area contributed by atoms with Gasteiger partial charge < -0.3 is 40.5 Å². The largest absolute Gasteiger partial charge is 0.363 e. The lowest BCUT2D eigenvalue weighted by Gasteiger charge is -2.35. The summed E-state index contributed by atoms with van der Waals surface area (Å²) in [5.74, 6) is 10.7. The number of hydrogen-bond donors (Lipinski definition) is 4. The molecule has 2 saturated heterocycles. The first-order valence-electron chi connectivity index (χ1n) is 28.0. The number of likely N-dealkylation sites (tertiary alicyclic amines) is 2. The molecule has 0 aromatic heterocycles. The second-order valence-electron chi connectivity index (χ2n) is 21.8. The maximum absolute atomic E-state index is 14.4. The van der Waals surface area contributed by atoms with Crippen LogP contribution in [0.15, 0.2) is 48.5 Å². The Kier molecular flexibility index (Phi) is 19.4. The number of hydrogen-bond acceptors (Lipinski definition) is 9. The maximum Gasteiger partial charge on any atom is 0.246 e. The van der Waals surface area contributed by atoms with Crippen LogP contribution in [0.5, 0.6) is 0 Å². The van der Waals surface area contributed by atoms with Gasteiger partial charge in [-0.05, 0) is 118 Å². The molecule has 1 unspecified atom stereocenters. The Morgan fingerprint density at radius 3 is 1.62 bits per heavy atom. The van der Waals surface area contributed by atoms with Crippen LogP contribution in [0, 0.1) is 47.4 Å². The molecule has 4 fully saturated rings. The van der Waals surface area contributed by atoms with Crippen LogP contribution in [-0.2, 0) is 51.1 Å². The number of benzene rings is 2. The lowest BCUT2D eigenvalue weighted by molar-refractivity contribution is -0.145. The minimum absolute atomic E-state index is 0.0285. The fourth-order valence-electron chi connectivity index (χ4n) is 12.6. The first kappa shape index (κ1) is 54.7. The molecule has 2 aromatic rings.